The second-order valence-electron chi connectivity index (χ2n) is 10.5. The molecule has 1 saturated heterocycles. The summed E-state index contributed by atoms with van der Waals surface area (Å²) in [5.41, 5.74) is 0.921. The first-order chi connectivity index (χ1) is 19.1. The van der Waals surface area contributed by atoms with Crippen LogP contribution in [0.5, 0.6) is 11.5 Å². The largest absolute Gasteiger partial charge is 0.467 e. The average molecular weight is 541 g/mol. The van der Waals surface area contributed by atoms with Crippen molar-refractivity contribution in [3.63, 3.8) is 0 Å². The number of morpholine rings is 1. The Balaban J connectivity index is 1.26. The standard InChI is InChI=1S/C29H40N4O6/c34-28(33(20-25-8-4-15-37-25)19-23-9-10-26-27(18-23)39-22-38-26)21-32(12-5-11-31-13-16-36-17-14-31)29(35)30-24-6-2-1-3-7-24/h4,8-10,15,18,24H,1-3,5-7,11-14,16-17,19-22H2,(H,30,35). The summed E-state index contributed by atoms with van der Waals surface area (Å²) in [5, 5.41) is 3.21. The molecule has 0 atom stereocenters. The topological polar surface area (TPSA) is 96.7 Å². The zero-order valence-corrected chi connectivity index (χ0v) is 22.6. The highest BCUT2D eigenvalue weighted by Gasteiger charge is 2.26. The third-order valence-corrected chi connectivity index (χ3v) is 7.64. The number of benzene rings is 1. The molecule has 0 radical (unpaired) electrons. The Bertz CT molecular complexity index is 1070. The highest BCUT2D eigenvalue weighted by molar-refractivity contribution is 5.84. The summed E-state index contributed by atoms with van der Waals surface area (Å²) >= 11 is 0. The zero-order valence-electron chi connectivity index (χ0n) is 22.6. The van der Waals surface area contributed by atoms with Crippen LogP contribution in [0.3, 0.4) is 0 Å². The summed E-state index contributed by atoms with van der Waals surface area (Å²) in [7, 11) is 0. The number of nitrogens with one attached hydrogen (secondary N) is 1. The Hall–Kier alpha value is -3.24. The molecule has 1 aromatic carbocycles. The van der Waals surface area contributed by atoms with Crippen molar-refractivity contribution in [2.75, 3.05) is 52.7 Å². The van der Waals surface area contributed by atoms with Crippen molar-refractivity contribution >= 4 is 11.9 Å². The van der Waals surface area contributed by atoms with Crippen molar-refractivity contribution in [2.24, 2.45) is 0 Å². The molecule has 10 nitrogen and oxygen atoms in total. The van der Waals surface area contributed by atoms with Gasteiger partial charge in [0.25, 0.3) is 0 Å². The fourth-order valence-corrected chi connectivity index (χ4v) is 5.42. The summed E-state index contributed by atoms with van der Waals surface area (Å²) in [6.07, 6.45) is 7.88. The minimum Gasteiger partial charge on any atom is -0.467 e. The molecule has 3 aliphatic rings. The highest BCUT2D eigenvalue weighted by Crippen LogP contribution is 2.33. The number of carbonyl (C=O) groups excluding carboxylic acids is 2. The van der Waals surface area contributed by atoms with Gasteiger partial charge >= 0.3 is 6.03 Å². The van der Waals surface area contributed by atoms with Gasteiger partial charge in [0, 0.05) is 38.8 Å². The second-order valence-corrected chi connectivity index (χ2v) is 10.5. The van der Waals surface area contributed by atoms with E-state index in [4.69, 9.17) is 18.6 Å². The van der Waals surface area contributed by atoms with Gasteiger partial charge in [-0.15, -0.1) is 0 Å². The zero-order chi connectivity index (χ0) is 26.9. The molecule has 2 aliphatic heterocycles. The first kappa shape index (κ1) is 27.3. The molecule has 1 aliphatic carbocycles. The number of ether oxygens (including phenoxy) is 3. The van der Waals surface area contributed by atoms with Crippen LogP contribution in [-0.4, -0.2) is 85.4 Å². The molecule has 2 fully saturated rings. The Morgan fingerprint density at radius 2 is 1.79 bits per heavy atom. The van der Waals surface area contributed by atoms with Crippen LogP contribution in [0.2, 0.25) is 0 Å². The summed E-state index contributed by atoms with van der Waals surface area (Å²) in [5.74, 6) is 1.94. The van der Waals surface area contributed by atoms with Crippen LogP contribution >= 0.6 is 0 Å². The van der Waals surface area contributed by atoms with Gasteiger partial charge in [-0.05, 0) is 49.1 Å². The van der Waals surface area contributed by atoms with Gasteiger partial charge in [0.05, 0.1) is 26.0 Å². The van der Waals surface area contributed by atoms with Gasteiger partial charge in [0.1, 0.15) is 12.3 Å². The van der Waals surface area contributed by atoms with Crippen LogP contribution in [0.4, 0.5) is 4.79 Å². The van der Waals surface area contributed by atoms with E-state index in [1.807, 2.05) is 30.3 Å². The molecular weight excluding hydrogens is 500 g/mol. The minimum atomic E-state index is -0.154. The van der Waals surface area contributed by atoms with E-state index in [-0.39, 0.29) is 31.3 Å². The molecule has 10 heteroatoms. The van der Waals surface area contributed by atoms with Gasteiger partial charge in [0.2, 0.25) is 12.7 Å². The molecule has 0 spiro atoms. The molecule has 39 heavy (non-hydrogen) atoms. The van der Waals surface area contributed by atoms with Crippen LogP contribution in [0.25, 0.3) is 0 Å². The van der Waals surface area contributed by atoms with E-state index in [0.717, 1.165) is 70.5 Å². The quantitative estimate of drug-likeness (QED) is 0.465. The number of carbonyl (C=O) groups is 2. The summed E-state index contributed by atoms with van der Waals surface area (Å²) < 4.78 is 22.0. The van der Waals surface area contributed by atoms with Gasteiger partial charge < -0.3 is 33.7 Å². The Morgan fingerprint density at radius 3 is 2.59 bits per heavy atom. The van der Waals surface area contributed by atoms with Gasteiger partial charge in [-0.3, -0.25) is 9.69 Å². The molecular formula is C29H40N4O6. The molecule has 1 aromatic heterocycles. The maximum atomic E-state index is 13.8. The third kappa shape index (κ3) is 7.89. The van der Waals surface area contributed by atoms with Crippen molar-refractivity contribution < 1.29 is 28.2 Å². The van der Waals surface area contributed by atoms with Crippen molar-refractivity contribution in [3.05, 3.63) is 47.9 Å². The van der Waals surface area contributed by atoms with Crippen molar-refractivity contribution in [2.45, 2.75) is 57.7 Å². The first-order valence-corrected chi connectivity index (χ1v) is 14.2. The van der Waals surface area contributed by atoms with Crippen LogP contribution in [0.1, 0.15) is 49.8 Å². The lowest BCUT2D eigenvalue weighted by molar-refractivity contribution is -0.133. The third-order valence-electron chi connectivity index (χ3n) is 7.64. The second kappa shape index (κ2) is 13.7. The van der Waals surface area contributed by atoms with E-state index < -0.39 is 0 Å². The Labute approximate surface area is 230 Å². The summed E-state index contributed by atoms with van der Waals surface area (Å²) in [4.78, 5) is 33.0. The molecule has 5 rings (SSSR count). The van der Waals surface area contributed by atoms with E-state index in [2.05, 4.69) is 10.2 Å². The molecule has 0 bridgehead atoms. The van der Waals surface area contributed by atoms with Gasteiger partial charge in [-0.2, -0.15) is 0 Å². The van der Waals surface area contributed by atoms with E-state index in [0.29, 0.717) is 36.9 Å². The number of fused-ring (bicyclic) bond motifs is 1. The molecule has 2 aromatic rings. The fourth-order valence-electron chi connectivity index (χ4n) is 5.42. The van der Waals surface area contributed by atoms with Crippen molar-refractivity contribution in [1.29, 1.82) is 0 Å². The molecule has 3 amide bonds. The Morgan fingerprint density at radius 1 is 0.974 bits per heavy atom. The maximum absolute atomic E-state index is 13.8. The number of nitrogens with zero attached hydrogens (tertiary/aromatic N) is 3. The average Bonchev–Trinajstić information content (AvgIpc) is 3.65. The number of urea groups is 1. The summed E-state index contributed by atoms with van der Waals surface area (Å²) in [6, 6.07) is 9.40. The van der Waals surface area contributed by atoms with Gasteiger partial charge in [-0.1, -0.05) is 25.3 Å². The Kier molecular flexibility index (Phi) is 9.61. The molecule has 1 saturated carbocycles. The van der Waals surface area contributed by atoms with Gasteiger partial charge in [-0.25, -0.2) is 4.79 Å². The predicted molar refractivity (Wildman–Crippen MR) is 144 cm³/mol. The highest BCUT2D eigenvalue weighted by atomic mass is 16.7. The summed E-state index contributed by atoms with van der Waals surface area (Å²) in [6.45, 7) is 5.56. The van der Waals surface area contributed by atoms with E-state index in [9.17, 15) is 9.59 Å². The number of hydrogen-bond donors (Lipinski definition) is 1. The maximum Gasteiger partial charge on any atom is 0.318 e. The monoisotopic (exact) mass is 540 g/mol. The van der Waals surface area contributed by atoms with Gasteiger partial charge in [0.15, 0.2) is 11.5 Å². The van der Waals surface area contributed by atoms with Crippen LogP contribution < -0.4 is 14.8 Å². The van der Waals surface area contributed by atoms with Crippen LogP contribution in [-0.2, 0) is 22.6 Å². The normalized spacial score (nSPS) is 17.6. The number of hydrogen-bond acceptors (Lipinski definition) is 7. The van der Waals surface area contributed by atoms with Crippen LogP contribution in [0, 0.1) is 0 Å². The number of amides is 3. The SMILES string of the molecule is O=C(CN(CCCN1CCOCC1)C(=O)NC1CCCCC1)N(Cc1ccc2c(c1)OCO2)Cc1ccco1. The lowest BCUT2D eigenvalue weighted by Crippen LogP contribution is -2.50. The lowest BCUT2D eigenvalue weighted by atomic mass is 9.96. The van der Waals surface area contributed by atoms with E-state index in [1.165, 1.54) is 6.42 Å². The van der Waals surface area contributed by atoms with Crippen LogP contribution in [0.15, 0.2) is 41.0 Å². The van der Waals surface area contributed by atoms with E-state index in [1.54, 1.807) is 16.1 Å². The number of furan rings is 1. The molecule has 212 valence electrons. The van der Waals surface area contributed by atoms with Crippen molar-refractivity contribution in [1.82, 2.24) is 20.0 Å². The number of rotatable bonds is 11. The molecule has 1 N–H and O–H groups in total. The fraction of sp³-hybridized carbons (Fsp3) is 0.586. The molecule has 3 heterocycles. The first-order valence-electron chi connectivity index (χ1n) is 14.2. The lowest BCUT2D eigenvalue weighted by Gasteiger charge is -2.31. The van der Waals surface area contributed by atoms with E-state index >= 15 is 0 Å². The smallest absolute Gasteiger partial charge is 0.318 e. The minimum absolute atomic E-state index is 0.00687. The van der Waals surface area contributed by atoms with Crippen molar-refractivity contribution in [3.8, 4) is 11.5 Å². The predicted octanol–water partition coefficient (Wildman–Crippen LogP) is 3.60. The molecule has 0 unspecified atom stereocenters.